The highest BCUT2D eigenvalue weighted by molar-refractivity contribution is 7.13. The van der Waals surface area contributed by atoms with E-state index in [4.69, 9.17) is 14.2 Å². The van der Waals surface area contributed by atoms with Crippen LogP contribution in [0.2, 0.25) is 0 Å². The van der Waals surface area contributed by atoms with Crippen molar-refractivity contribution in [3.8, 4) is 22.1 Å². The lowest BCUT2D eigenvalue weighted by molar-refractivity contribution is 0.0316. The van der Waals surface area contributed by atoms with E-state index >= 15 is 0 Å². The predicted molar refractivity (Wildman–Crippen MR) is 111 cm³/mol. The molecule has 8 heteroatoms. The van der Waals surface area contributed by atoms with Crippen molar-refractivity contribution in [2.75, 3.05) is 14.2 Å². The number of thiazole rings is 1. The van der Waals surface area contributed by atoms with Crippen LogP contribution in [0.1, 0.15) is 29.3 Å². The first-order valence-corrected chi connectivity index (χ1v) is 9.80. The van der Waals surface area contributed by atoms with Crippen molar-refractivity contribution >= 4 is 28.3 Å². The zero-order chi connectivity index (χ0) is 20.4. The third kappa shape index (κ3) is 3.79. The Morgan fingerprint density at radius 3 is 2.62 bits per heavy atom. The second-order valence-electron chi connectivity index (χ2n) is 6.29. The number of nitrogens with zero attached hydrogens (tertiary/aromatic N) is 2. The van der Waals surface area contributed by atoms with Crippen LogP contribution in [0, 0.1) is 0 Å². The molecule has 0 aliphatic rings. The first kappa shape index (κ1) is 18.9. The Balaban J connectivity index is 1.51. The minimum absolute atomic E-state index is 0.253. The summed E-state index contributed by atoms with van der Waals surface area (Å²) in [7, 11) is 3.16. The van der Waals surface area contributed by atoms with Crippen LogP contribution < -0.4 is 9.47 Å². The number of aromatic amines is 1. The highest BCUT2D eigenvalue weighted by atomic mass is 32.1. The molecule has 0 spiro atoms. The van der Waals surface area contributed by atoms with E-state index < -0.39 is 12.1 Å². The van der Waals surface area contributed by atoms with Gasteiger partial charge in [0, 0.05) is 10.9 Å². The van der Waals surface area contributed by atoms with E-state index in [1.807, 2.05) is 36.4 Å². The Kier molecular flexibility index (Phi) is 5.18. The summed E-state index contributed by atoms with van der Waals surface area (Å²) in [6, 6.07) is 13.2. The van der Waals surface area contributed by atoms with Crippen LogP contribution in [0.3, 0.4) is 0 Å². The predicted octanol–water partition coefficient (Wildman–Crippen LogP) is 4.62. The maximum atomic E-state index is 12.5. The summed E-state index contributed by atoms with van der Waals surface area (Å²) in [4.78, 5) is 24.6. The molecular formula is C21H19N3O4S. The molecule has 2 heterocycles. The third-order valence-corrected chi connectivity index (χ3v) is 5.31. The number of methoxy groups -OCH3 is 2. The highest BCUT2D eigenvalue weighted by Crippen LogP contribution is 2.33. The SMILES string of the molecule is COc1ccc(-c2nc(C(=O)O[C@@H](C)c3nc4ccccc4[nH]3)cs2)cc1OC. The second-order valence-corrected chi connectivity index (χ2v) is 7.15. The van der Waals surface area contributed by atoms with Gasteiger partial charge in [-0.2, -0.15) is 0 Å². The van der Waals surface area contributed by atoms with Crippen molar-refractivity contribution in [2.45, 2.75) is 13.0 Å². The molecule has 1 atom stereocenters. The van der Waals surface area contributed by atoms with Crippen LogP contribution in [-0.2, 0) is 4.74 Å². The first-order valence-electron chi connectivity index (χ1n) is 8.92. The maximum Gasteiger partial charge on any atom is 0.358 e. The number of benzene rings is 2. The van der Waals surface area contributed by atoms with Gasteiger partial charge in [0.2, 0.25) is 0 Å². The zero-order valence-electron chi connectivity index (χ0n) is 16.1. The number of H-pyrrole nitrogens is 1. The summed E-state index contributed by atoms with van der Waals surface area (Å²) in [6.07, 6.45) is -0.527. The number of fused-ring (bicyclic) bond motifs is 1. The number of esters is 1. The largest absolute Gasteiger partial charge is 0.493 e. The quantitative estimate of drug-likeness (QED) is 0.468. The monoisotopic (exact) mass is 409 g/mol. The van der Waals surface area contributed by atoms with Gasteiger partial charge >= 0.3 is 5.97 Å². The van der Waals surface area contributed by atoms with Crippen LogP contribution in [0.25, 0.3) is 21.6 Å². The van der Waals surface area contributed by atoms with Crippen molar-refractivity contribution in [1.82, 2.24) is 15.0 Å². The Bertz CT molecular complexity index is 1130. The summed E-state index contributed by atoms with van der Waals surface area (Å²) in [5.41, 5.74) is 2.81. The van der Waals surface area contributed by atoms with Crippen LogP contribution in [0.5, 0.6) is 11.5 Å². The fraction of sp³-hybridized carbons (Fsp3) is 0.190. The van der Waals surface area contributed by atoms with E-state index in [0.29, 0.717) is 22.3 Å². The Morgan fingerprint density at radius 1 is 1.07 bits per heavy atom. The van der Waals surface area contributed by atoms with Crippen LogP contribution >= 0.6 is 11.3 Å². The van der Waals surface area contributed by atoms with Gasteiger partial charge in [0.05, 0.1) is 25.3 Å². The topological polar surface area (TPSA) is 86.3 Å². The molecule has 0 saturated heterocycles. The molecule has 0 bridgehead atoms. The summed E-state index contributed by atoms with van der Waals surface area (Å²) < 4.78 is 16.1. The number of imidazole rings is 1. The van der Waals surface area contributed by atoms with E-state index in [9.17, 15) is 4.79 Å². The fourth-order valence-corrected chi connectivity index (χ4v) is 3.70. The molecule has 0 unspecified atom stereocenters. The molecule has 29 heavy (non-hydrogen) atoms. The van der Waals surface area contributed by atoms with E-state index in [-0.39, 0.29) is 5.69 Å². The molecule has 0 radical (unpaired) electrons. The average Bonchev–Trinajstić information content (AvgIpc) is 3.40. The summed E-state index contributed by atoms with van der Waals surface area (Å²) in [6.45, 7) is 1.78. The number of rotatable bonds is 6. The number of carbonyl (C=O) groups excluding carboxylic acids is 1. The maximum absolute atomic E-state index is 12.5. The number of aromatic nitrogens is 3. The highest BCUT2D eigenvalue weighted by Gasteiger charge is 2.20. The standard InChI is InChI=1S/C21H19N3O4S/c1-12(19-22-14-6-4-5-7-15(14)23-19)28-21(25)16-11-29-20(24-16)13-8-9-17(26-2)18(10-13)27-3/h4-12H,1-3H3,(H,22,23)/t12-/m0/s1. The summed E-state index contributed by atoms with van der Waals surface area (Å²) >= 11 is 1.36. The Morgan fingerprint density at radius 2 is 1.86 bits per heavy atom. The lowest BCUT2D eigenvalue weighted by atomic mass is 10.2. The minimum Gasteiger partial charge on any atom is -0.493 e. The van der Waals surface area contributed by atoms with Gasteiger partial charge in [-0.25, -0.2) is 14.8 Å². The second kappa shape index (κ2) is 7.92. The lowest BCUT2D eigenvalue weighted by Crippen LogP contribution is -2.10. The van der Waals surface area contributed by atoms with E-state index in [1.165, 1.54) is 11.3 Å². The number of nitrogens with one attached hydrogen (secondary N) is 1. The van der Waals surface area contributed by atoms with Crippen molar-refractivity contribution in [2.24, 2.45) is 0 Å². The van der Waals surface area contributed by atoms with Crippen LogP contribution in [0.4, 0.5) is 0 Å². The van der Waals surface area contributed by atoms with Crippen molar-refractivity contribution in [3.63, 3.8) is 0 Å². The van der Waals surface area contributed by atoms with Gasteiger partial charge in [0.1, 0.15) is 10.8 Å². The lowest BCUT2D eigenvalue weighted by Gasteiger charge is -2.09. The van der Waals surface area contributed by atoms with Gasteiger partial charge in [-0.1, -0.05) is 12.1 Å². The average molecular weight is 409 g/mol. The van der Waals surface area contributed by atoms with E-state index in [0.717, 1.165) is 16.6 Å². The molecule has 148 valence electrons. The summed E-state index contributed by atoms with van der Waals surface area (Å²) in [5, 5.41) is 2.37. The van der Waals surface area contributed by atoms with Gasteiger partial charge in [-0.15, -0.1) is 11.3 Å². The molecule has 2 aromatic carbocycles. The minimum atomic E-state index is -0.527. The normalized spacial score (nSPS) is 12.0. The molecule has 0 amide bonds. The third-order valence-electron chi connectivity index (χ3n) is 4.42. The molecule has 4 aromatic rings. The van der Waals surface area contributed by atoms with Crippen molar-refractivity contribution in [1.29, 1.82) is 0 Å². The molecule has 2 aromatic heterocycles. The number of carbonyl (C=O) groups is 1. The van der Waals surface area contributed by atoms with Gasteiger partial charge < -0.3 is 19.2 Å². The fourth-order valence-electron chi connectivity index (χ4n) is 2.91. The smallest absolute Gasteiger partial charge is 0.358 e. The molecule has 1 N–H and O–H groups in total. The van der Waals surface area contributed by atoms with Gasteiger partial charge in [0.25, 0.3) is 0 Å². The van der Waals surface area contributed by atoms with Crippen LogP contribution in [-0.4, -0.2) is 35.1 Å². The zero-order valence-corrected chi connectivity index (χ0v) is 16.9. The molecule has 0 aliphatic carbocycles. The number of hydrogen-bond donors (Lipinski definition) is 1. The van der Waals surface area contributed by atoms with Crippen molar-refractivity contribution < 1.29 is 19.0 Å². The Labute approximate surface area is 171 Å². The first-order chi connectivity index (χ1) is 14.1. The molecule has 0 saturated carbocycles. The number of ether oxygens (including phenoxy) is 3. The van der Waals surface area contributed by atoms with Crippen molar-refractivity contribution in [3.05, 3.63) is 59.4 Å². The molecule has 7 nitrogen and oxygen atoms in total. The Hall–Kier alpha value is -3.39. The van der Waals surface area contributed by atoms with E-state index in [1.54, 1.807) is 32.6 Å². The molecule has 4 rings (SSSR count). The van der Waals surface area contributed by atoms with Gasteiger partial charge in [-0.05, 0) is 37.3 Å². The van der Waals surface area contributed by atoms with E-state index in [2.05, 4.69) is 15.0 Å². The van der Waals surface area contributed by atoms with Gasteiger partial charge in [0.15, 0.2) is 23.3 Å². The summed E-state index contributed by atoms with van der Waals surface area (Å²) in [5.74, 6) is 1.32. The molecular weight excluding hydrogens is 390 g/mol. The molecule has 0 aliphatic heterocycles. The van der Waals surface area contributed by atoms with Crippen LogP contribution in [0.15, 0.2) is 47.8 Å². The van der Waals surface area contributed by atoms with Gasteiger partial charge in [-0.3, -0.25) is 0 Å². The number of para-hydroxylation sites is 2. The molecule has 0 fully saturated rings. The number of hydrogen-bond acceptors (Lipinski definition) is 7.